The van der Waals surface area contributed by atoms with E-state index >= 15 is 0 Å². The molecule has 19 heavy (non-hydrogen) atoms. The third-order valence-corrected chi connectivity index (χ3v) is 5.21. The normalized spacial score (nSPS) is 33.1. The number of hydrogen-bond donors (Lipinski definition) is 1. The van der Waals surface area contributed by atoms with Crippen LogP contribution in [0.1, 0.15) is 71.6 Å². The van der Waals surface area contributed by atoms with Crippen molar-refractivity contribution >= 4 is 5.97 Å². The van der Waals surface area contributed by atoms with Crippen LogP contribution >= 0.6 is 0 Å². The van der Waals surface area contributed by atoms with E-state index in [4.69, 9.17) is 0 Å². The van der Waals surface area contributed by atoms with Crippen LogP contribution < -0.4 is 0 Å². The molecule has 2 aliphatic rings. The van der Waals surface area contributed by atoms with Gasteiger partial charge in [0.2, 0.25) is 0 Å². The summed E-state index contributed by atoms with van der Waals surface area (Å²) < 4.78 is 0. The molecule has 2 fully saturated rings. The average molecular weight is 267 g/mol. The first-order chi connectivity index (χ1) is 9.19. The van der Waals surface area contributed by atoms with E-state index in [1.54, 1.807) is 0 Å². The molecule has 0 aromatic carbocycles. The van der Waals surface area contributed by atoms with Crippen LogP contribution in [-0.4, -0.2) is 34.1 Å². The first-order valence-electron chi connectivity index (χ1n) is 8.19. The molecule has 4 atom stereocenters. The number of hydrogen-bond acceptors (Lipinski definition) is 2. The van der Waals surface area contributed by atoms with Gasteiger partial charge in [-0.3, -0.25) is 9.69 Å². The molecule has 1 N–H and O–H groups in total. The number of carboxylic acid groups (broad SMARTS) is 1. The summed E-state index contributed by atoms with van der Waals surface area (Å²) in [5, 5.41) is 9.56. The van der Waals surface area contributed by atoms with Gasteiger partial charge in [-0.15, -0.1) is 0 Å². The maximum Gasteiger partial charge on any atom is 0.320 e. The van der Waals surface area contributed by atoms with E-state index in [1.165, 1.54) is 44.9 Å². The van der Waals surface area contributed by atoms with Gasteiger partial charge in [0, 0.05) is 12.1 Å². The number of rotatable bonds is 6. The Morgan fingerprint density at radius 2 is 2.05 bits per heavy atom. The van der Waals surface area contributed by atoms with Crippen LogP contribution in [0, 0.1) is 5.92 Å². The van der Waals surface area contributed by atoms with Gasteiger partial charge in [0.15, 0.2) is 0 Å². The summed E-state index contributed by atoms with van der Waals surface area (Å²) in [7, 11) is 0. The summed E-state index contributed by atoms with van der Waals surface area (Å²) in [4.78, 5) is 14.0. The molecule has 1 aliphatic carbocycles. The van der Waals surface area contributed by atoms with Crippen molar-refractivity contribution < 1.29 is 9.90 Å². The highest BCUT2D eigenvalue weighted by Crippen LogP contribution is 2.42. The Labute approximate surface area is 117 Å². The average Bonchev–Trinajstić information content (AvgIpc) is 2.80. The highest BCUT2D eigenvalue weighted by Gasteiger charge is 2.47. The van der Waals surface area contributed by atoms with Gasteiger partial charge in [-0.1, -0.05) is 39.5 Å². The third kappa shape index (κ3) is 3.13. The molecule has 1 heterocycles. The lowest BCUT2D eigenvalue weighted by Gasteiger charge is -2.38. The molecular weight excluding hydrogens is 238 g/mol. The van der Waals surface area contributed by atoms with Gasteiger partial charge < -0.3 is 5.11 Å². The van der Waals surface area contributed by atoms with Crippen LogP contribution in [-0.2, 0) is 4.79 Å². The summed E-state index contributed by atoms with van der Waals surface area (Å²) in [5.41, 5.74) is 0. The maximum absolute atomic E-state index is 11.6. The van der Waals surface area contributed by atoms with Crippen LogP contribution in [0.3, 0.4) is 0 Å². The van der Waals surface area contributed by atoms with Gasteiger partial charge in [0.1, 0.15) is 6.04 Å². The molecule has 0 aromatic heterocycles. The second kappa shape index (κ2) is 6.74. The SMILES string of the molecule is CCCCC(CC)N1C(C(=O)O)CC2CCCCC21. The van der Waals surface area contributed by atoms with Crippen molar-refractivity contribution in [2.45, 2.75) is 89.8 Å². The standard InChI is InChI=1S/C16H29NO2/c1-3-5-9-13(4-2)17-14-10-7-6-8-12(14)11-15(17)16(18)19/h12-15H,3-11H2,1-2H3,(H,18,19). The minimum atomic E-state index is -0.593. The van der Waals surface area contributed by atoms with E-state index < -0.39 is 5.97 Å². The van der Waals surface area contributed by atoms with Crippen LogP contribution in [0.2, 0.25) is 0 Å². The number of carboxylic acids is 1. The summed E-state index contributed by atoms with van der Waals surface area (Å²) >= 11 is 0. The van der Waals surface area contributed by atoms with Crippen LogP contribution in [0.25, 0.3) is 0 Å². The highest BCUT2D eigenvalue weighted by molar-refractivity contribution is 5.74. The van der Waals surface area contributed by atoms with Gasteiger partial charge in [0.05, 0.1) is 0 Å². The molecule has 1 aliphatic heterocycles. The van der Waals surface area contributed by atoms with Crippen molar-refractivity contribution in [2.75, 3.05) is 0 Å². The second-order valence-electron chi connectivity index (χ2n) is 6.35. The number of nitrogens with zero attached hydrogens (tertiary/aromatic N) is 1. The molecule has 3 nitrogen and oxygen atoms in total. The maximum atomic E-state index is 11.6. The summed E-state index contributed by atoms with van der Waals surface area (Å²) in [5.74, 6) is 0.0508. The first kappa shape index (κ1) is 14.8. The fraction of sp³-hybridized carbons (Fsp3) is 0.938. The fourth-order valence-corrected chi connectivity index (χ4v) is 4.25. The molecule has 0 amide bonds. The van der Waals surface area contributed by atoms with Gasteiger partial charge in [0.25, 0.3) is 0 Å². The summed E-state index contributed by atoms with van der Waals surface area (Å²) in [6, 6.07) is 0.820. The predicted octanol–water partition coefficient (Wildman–Crippen LogP) is 3.67. The minimum absolute atomic E-state index is 0.213. The van der Waals surface area contributed by atoms with E-state index in [2.05, 4.69) is 18.7 Å². The largest absolute Gasteiger partial charge is 0.480 e. The molecule has 0 bridgehead atoms. The van der Waals surface area contributed by atoms with Gasteiger partial charge in [-0.2, -0.15) is 0 Å². The van der Waals surface area contributed by atoms with Crippen molar-refractivity contribution in [3.8, 4) is 0 Å². The smallest absolute Gasteiger partial charge is 0.320 e. The summed E-state index contributed by atoms with van der Waals surface area (Å²) in [6.45, 7) is 4.43. The fourth-order valence-electron chi connectivity index (χ4n) is 4.25. The predicted molar refractivity (Wildman–Crippen MR) is 77.2 cm³/mol. The molecular formula is C16H29NO2. The van der Waals surface area contributed by atoms with E-state index in [9.17, 15) is 9.90 Å². The molecule has 1 saturated heterocycles. The molecule has 110 valence electrons. The highest BCUT2D eigenvalue weighted by atomic mass is 16.4. The lowest BCUT2D eigenvalue weighted by Crippen LogP contribution is -2.48. The zero-order valence-electron chi connectivity index (χ0n) is 12.5. The number of aliphatic carboxylic acids is 1. The molecule has 0 radical (unpaired) electrons. The van der Waals surface area contributed by atoms with Gasteiger partial charge in [-0.05, 0) is 38.0 Å². The number of carbonyl (C=O) groups is 1. The lowest BCUT2D eigenvalue weighted by atomic mass is 9.84. The van der Waals surface area contributed by atoms with Crippen molar-refractivity contribution in [1.29, 1.82) is 0 Å². The molecule has 1 saturated carbocycles. The van der Waals surface area contributed by atoms with Crippen molar-refractivity contribution in [3.05, 3.63) is 0 Å². The molecule has 2 rings (SSSR count). The van der Waals surface area contributed by atoms with E-state index in [1.807, 2.05) is 0 Å². The topological polar surface area (TPSA) is 40.5 Å². The molecule has 4 unspecified atom stereocenters. The molecule has 0 spiro atoms. The van der Waals surface area contributed by atoms with Crippen molar-refractivity contribution in [2.24, 2.45) is 5.92 Å². The first-order valence-corrected chi connectivity index (χ1v) is 8.19. The molecule has 3 heteroatoms. The van der Waals surface area contributed by atoms with E-state index in [0.717, 1.165) is 12.8 Å². The van der Waals surface area contributed by atoms with E-state index in [0.29, 0.717) is 18.0 Å². The second-order valence-corrected chi connectivity index (χ2v) is 6.35. The third-order valence-electron chi connectivity index (χ3n) is 5.21. The zero-order valence-corrected chi connectivity index (χ0v) is 12.5. The number of likely N-dealkylation sites (tertiary alicyclic amines) is 1. The van der Waals surface area contributed by atoms with E-state index in [-0.39, 0.29) is 6.04 Å². The minimum Gasteiger partial charge on any atom is -0.480 e. The van der Waals surface area contributed by atoms with Crippen LogP contribution in [0.15, 0.2) is 0 Å². The number of unbranched alkanes of at least 4 members (excludes halogenated alkanes) is 1. The molecule has 0 aromatic rings. The van der Waals surface area contributed by atoms with Gasteiger partial charge >= 0.3 is 5.97 Å². The van der Waals surface area contributed by atoms with Crippen molar-refractivity contribution in [1.82, 2.24) is 4.90 Å². The van der Waals surface area contributed by atoms with Gasteiger partial charge in [-0.25, -0.2) is 0 Å². The summed E-state index contributed by atoms with van der Waals surface area (Å²) in [6.07, 6.45) is 10.6. The van der Waals surface area contributed by atoms with Crippen LogP contribution in [0.4, 0.5) is 0 Å². The quantitative estimate of drug-likeness (QED) is 0.798. The number of fused-ring (bicyclic) bond motifs is 1. The Kier molecular flexibility index (Phi) is 5.26. The van der Waals surface area contributed by atoms with Crippen molar-refractivity contribution in [3.63, 3.8) is 0 Å². The Morgan fingerprint density at radius 3 is 2.68 bits per heavy atom. The lowest BCUT2D eigenvalue weighted by molar-refractivity contribution is -0.143. The Bertz CT molecular complexity index is 305. The Balaban J connectivity index is 2.13. The Hall–Kier alpha value is -0.570. The Morgan fingerprint density at radius 1 is 1.32 bits per heavy atom. The monoisotopic (exact) mass is 267 g/mol. The zero-order chi connectivity index (χ0) is 13.8. The van der Waals surface area contributed by atoms with Crippen LogP contribution in [0.5, 0.6) is 0 Å².